The number of aromatic nitrogens is 1. The first-order chi connectivity index (χ1) is 8.18. The highest BCUT2D eigenvalue weighted by atomic mass is 14.8. The fourth-order valence-electron chi connectivity index (χ4n) is 1.60. The minimum atomic E-state index is -0.223. The van der Waals surface area contributed by atoms with Crippen molar-refractivity contribution < 1.29 is 0 Å². The molecule has 0 radical (unpaired) electrons. The highest BCUT2D eigenvalue weighted by Gasteiger charge is 2.17. The van der Waals surface area contributed by atoms with E-state index in [1.165, 1.54) is 5.56 Å². The standard InChI is InChI=1S/C15H16N2/c1-15(2,13-8-4-3-5-9-13)17-12-14-10-6-7-11-16-14/h3-12H,1-2H3. The van der Waals surface area contributed by atoms with E-state index in [4.69, 9.17) is 0 Å². The van der Waals surface area contributed by atoms with Gasteiger partial charge in [-0.25, -0.2) is 0 Å². The van der Waals surface area contributed by atoms with Gasteiger partial charge < -0.3 is 0 Å². The molecule has 0 bridgehead atoms. The van der Waals surface area contributed by atoms with Crippen molar-refractivity contribution in [3.05, 3.63) is 66.0 Å². The molecule has 2 rings (SSSR count). The number of nitrogens with zero attached hydrogens (tertiary/aromatic N) is 2. The van der Waals surface area contributed by atoms with Crippen LogP contribution in [0.5, 0.6) is 0 Å². The summed E-state index contributed by atoms with van der Waals surface area (Å²) >= 11 is 0. The maximum atomic E-state index is 4.61. The van der Waals surface area contributed by atoms with E-state index in [1.807, 2.05) is 42.6 Å². The van der Waals surface area contributed by atoms with Crippen LogP contribution in [0.25, 0.3) is 0 Å². The maximum Gasteiger partial charge on any atom is 0.0808 e. The zero-order valence-corrected chi connectivity index (χ0v) is 10.2. The largest absolute Gasteiger partial charge is 0.280 e. The lowest BCUT2D eigenvalue weighted by Gasteiger charge is -2.19. The van der Waals surface area contributed by atoms with Gasteiger partial charge in [0.1, 0.15) is 0 Å². The minimum absolute atomic E-state index is 0.223. The molecule has 2 heteroatoms. The third kappa shape index (κ3) is 3.00. The molecule has 0 atom stereocenters. The van der Waals surface area contributed by atoms with Gasteiger partial charge in [-0.1, -0.05) is 36.4 Å². The second kappa shape index (κ2) is 4.91. The molecule has 0 aliphatic carbocycles. The summed E-state index contributed by atoms with van der Waals surface area (Å²) in [4.78, 5) is 8.84. The smallest absolute Gasteiger partial charge is 0.0808 e. The number of aliphatic imine (C=N–C) groups is 1. The lowest BCUT2D eigenvalue weighted by atomic mass is 9.95. The van der Waals surface area contributed by atoms with Crippen LogP contribution in [0.1, 0.15) is 25.1 Å². The first-order valence-electron chi connectivity index (χ1n) is 5.70. The lowest BCUT2D eigenvalue weighted by molar-refractivity contribution is 0.561. The van der Waals surface area contributed by atoms with Gasteiger partial charge in [-0.2, -0.15) is 0 Å². The average molecular weight is 224 g/mol. The van der Waals surface area contributed by atoms with Crippen molar-refractivity contribution in [1.82, 2.24) is 4.98 Å². The first-order valence-corrected chi connectivity index (χ1v) is 5.70. The molecule has 0 saturated heterocycles. The Bertz CT molecular complexity index is 487. The molecule has 2 aromatic rings. The Morgan fingerprint density at radius 3 is 2.35 bits per heavy atom. The Hall–Kier alpha value is -1.96. The first kappa shape index (κ1) is 11.5. The van der Waals surface area contributed by atoms with Crippen LogP contribution in [0, 0.1) is 0 Å². The quantitative estimate of drug-likeness (QED) is 0.733. The van der Waals surface area contributed by atoms with Gasteiger partial charge in [-0.15, -0.1) is 0 Å². The molecule has 1 aromatic carbocycles. The molecular weight excluding hydrogens is 208 g/mol. The van der Waals surface area contributed by atoms with Crippen LogP contribution in [0.2, 0.25) is 0 Å². The van der Waals surface area contributed by atoms with E-state index in [2.05, 4.69) is 36.0 Å². The average Bonchev–Trinajstić information content (AvgIpc) is 2.39. The van der Waals surface area contributed by atoms with Gasteiger partial charge in [0.15, 0.2) is 0 Å². The SMILES string of the molecule is CC(C)(N=Cc1ccccn1)c1ccccc1. The van der Waals surface area contributed by atoms with E-state index < -0.39 is 0 Å². The number of hydrogen-bond acceptors (Lipinski definition) is 2. The third-order valence-electron chi connectivity index (χ3n) is 2.69. The predicted molar refractivity (Wildman–Crippen MR) is 71.3 cm³/mol. The summed E-state index contributed by atoms with van der Waals surface area (Å²) in [6.45, 7) is 4.20. The summed E-state index contributed by atoms with van der Waals surface area (Å²) in [7, 11) is 0. The van der Waals surface area contributed by atoms with Crippen LogP contribution >= 0.6 is 0 Å². The highest BCUT2D eigenvalue weighted by Crippen LogP contribution is 2.23. The molecule has 0 unspecified atom stereocenters. The molecular formula is C15H16N2. The van der Waals surface area contributed by atoms with Crippen molar-refractivity contribution in [2.75, 3.05) is 0 Å². The summed E-state index contributed by atoms with van der Waals surface area (Å²) < 4.78 is 0. The molecule has 86 valence electrons. The molecule has 0 aliphatic rings. The van der Waals surface area contributed by atoms with Gasteiger partial charge in [-0.05, 0) is 31.5 Å². The van der Waals surface area contributed by atoms with Crippen molar-refractivity contribution in [2.24, 2.45) is 4.99 Å². The molecule has 0 spiro atoms. The summed E-state index contributed by atoms with van der Waals surface area (Å²) in [5, 5.41) is 0. The van der Waals surface area contributed by atoms with Crippen LogP contribution in [-0.2, 0) is 5.54 Å². The zero-order valence-electron chi connectivity index (χ0n) is 10.2. The highest BCUT2D eigenvalue weighted by molar-refractivity contribution is 5.77. The summed E-state index contributed by atoms with van der Waals surface area (Å²) in [5.41, 5.74) is 1.86. The normalized spacial score (nSPS) is 11.9. The van der Waals surface area contributed by atoms with Crippen molar-refractivity contribution in [3.63, 3.8) is 0 Å². The van der Waals surface area contributed by atoms with Gasteiger partial charge in [0.25, 0.3) is 0 Å². The Kier molecular flexibility index (Phi) is 3.33. The number of hydrogen-bond donors (Lipinski definition) is 0. The molecule has 1 heterocycles. The van der Waals surface area contributed by atoms with Crippen LogP contribution in [-0.4, -0.2) is 11.2 Å². The minimum Gasteiger partial charge on any atom is -0.280 e. The van der Waals surface area contributed by atoms with Crippen molar-refractivity contribution in [2.45, 2.75) is 19.4 Å². The van der Waals surface area contributed by atoms with Crippen LogP contribution in [0.4, 0.5) is 0 Å². The molecule has 0 saturated carbocycles. The molecule has 0 fully saturated rings. The number of rotatable bonds is 3. The van der Waals surface area contributed by atoms with Crippen LogP contribution in [0.3, 0.4) is 0 Å². The fourth-order valence-corrected chi connectivity index (χ4v) is 1.60. The van der Waals surface area contributed by atoms with Crippen LogP contribution in [0.15, 0.2) is 59.7 Å². The predicted octanol–water partition coefficient (Wildman–Crippen LogP) is 3.44. The van der Waals surface area contributed by atoms with Gasteiger partial charge in [0.2, 0.25) is 0 Å². The summed E-state index contributed by atoms with van der Waals surface area (Å²) in [6, 6.07) is 16.1. The second-order valence-electron chi connectivity index (χ2n) is 4.44. The molecule has 17 heavy (non-hydrogen) atoms. The Balaban J connectivity index is 2.21. The molecule has 2 nitrogen and oxygen atoms in total. The molecule has 0 aliphatic heterocycles. The van der Waals surface area contributed by atoms with Gasteiger partial charge in [0, 0.05) is 12.4 Å². The summed E-state index contributed by atoms with van der Waals surface area (Å²) in [6.07, 6.45) is 3.60. The third-order valence-corrected chi connectivity index (χ3v) is 2.69. The molecule has 1 aromatic heterocycles. The second-order valence-corrected chi connectivity index (χ2v) is 4.44. The molecule has 0 amide bonds. The van der Waals surface area contributed by atoms with E-state index >= 15 is 0 Å². The Morgan fingerprint density at radius 2 is 1.71 bits per heavy atom. The van der Waals surface area contributed by atoms with Gasteiger partial charge in [0.05, 0.1) is 11.2 Å². The van der Waals surface area contributed by atoms with E-state index in [-0.39, 0.29) is 5.54 Å². The van der Waals surface area contributed by atoms with E-state index in [1.54, 1.807) is 6.20 Å². The zero-order chi connectivity index (χ0) is 12.1. The topological polar surface area (TPSA) is 25.2 Å². The van der Waals surface area contributed by atoms with Crippen molar-refractivity contribution in [1.29, 1.82) is 0 Å². The van der Waals surface area contributed by atoms with E-state index in [0.717, 1.165) is 5.69 Å². The van der Waals surface area contributed by atoms with Crippen molar-refractivity contribution in [3.8, 4) is 0 Å². The monoisotopic (exact) mass is 224 g/mol. The Morgan fingerprint density at radius 1 is 1.00 bits per heavy atom. The fraction of sp³-hybridized carbons (Fsp3) is 0.200. The lowest BCUT2D eigenvalue weighted by Crippen LogP contribution is -2.14. The Labute approximate surface area is 102 Å². The van der Waals surface area contributed by atoms with E-state index in [0.29, 0.717) is 0 Å². The number of benzene rings is 1. The maximum absolute atomic E-state index is 4.61. The van der Waals surface area contributed by atoms with Crippen molar-refractivity contribution >= 4 is 6.21 Å². The van der Waals surface area contributed by atoms with E-state index in [9.17, 15) is 0 Å². The molecule has 0 N–H and O–H groups in total. The van der Waals surface area contributed by atoms with Crippen LogP contribution < -0.4 is 0 Å². The van der Waals surface area contributed by atoms with Gasteiger partial charge >= 0.3 is 0 Å². The van der Waals surface area contributed by atoms with Gasteiger partial charge in [-0.3, -0.25) is 9.98 Å². The summed E-state index contributed by atoms with van der Waals surface area (Å²) in [5.74, 6) is 0. The number of pyridine rings is 1.